The molecule has 2 rings (SSSR count). The van der Waals surface area contributed by atoms with Gasteiger partial charge < -0.3 is 11.1 Å². The van der Waals surface area contributed by atoms with Gasteiger partial charge in [0.05, 0.1) is 10.9 Å². The molecule has 0 aliphatic heterocycles. The van der Waals surface area contributed by atoms with Crippen LogP contribution >= 0.6 is 11.6 Å². The van der Waals surface area contributed by atoms with Crippen molar-refractivity contribution >= 4 is 23.3 Å². The molecule has 1 aromatic rings. The van der Waals surface area contributed by atoms with Gasteiger partial charge in [-0.2, -0.15) is 0 Å². The van der Waals surface area contributed by atoms with Gasteiger partial charge in [0.25, 0.3) is 0 Å². The molecule has 0 saturated carbocycles. The molecule has 4 nitrogen and oxygen atoms in total. The second-order valence-electron chi connectivity index (χ2n) is 3.74. The molecule has 84 valence electrons. The fourth-order valence-corrected chi connectivity index (χ4v) is 1.70. The number of aromatic nitrogens is 1. The second kappa shape index (κ2) is 4.63. The first-order valence-electron chi connectivity index (χ1n) is 5.01. The summed E-state index contributed by atoms with van der Waals surface area (Å²) in [6, 6.07) is 3.33. The third kappa shape index (κ3) is 2.59. The Morgan fingerprint density at radius 1 is 1.50 bits per heavy atom. The highest BCUT2D eigenvalue weighted by Crippen LogP contribution is 2.18. The Bertz CT molecular complexity index is 416. The average molecular weight is 238 g/mol. The van der Waals surface area contributed by atoms with Crippen molar-refractivity contribution in [1.82, 2.24) is 4.98 Å². The molecule has 1 aliphatic rings. The molecular formula is C11H12ClN3O. The van der Waals surface area contributed by atoms with Crippen LogP contribution in [0, 0.1) is 5.92 Å². The Labute approximate surface area is 98.5 Å². The predicted octanol–water partition coefficient (Wildman–Crippen LogP) is 1.58. The summed E-state index contributed by atoms with van der Waals surface area (Å²) in [5.41, 5.74) is 5.68. The van der Waals surface area contributed by atoms with Crippen LogP contribution in [0.15, 0.2) is 30.5 Å². The summed E-state index contributed by atoms with van der Waals surface area (Å²) in [5.74, 6) is 0.259. The number of amides is 1. The third-order valence-electron chi connectivity index (χ3n) is 2.43. The smallest absolute Gasteiger partial charge is 0.232 e. The molecule has 1 aromatic heterocycles. The molecule has 1 aliphatic carbocycles. The number of carbonyl (C=O) groups excluding carboxylic acids is 1. The van der Waals surface area contributed by atoms with Crippen LogP contribution in [0.25, 0.3) is 0 Å². The quantitative estimate of drug-likeness (QED) is 0.768. The fraction of sp³-hybridized carbons (Fsp3) is 0.273. The molecule has 0 fully saturated rings. The highest BCUT2D eigenvalue weighted by atomic mass is 35.5. The van der Waals surface area contributed by atoms with Gasteiger partial charge in [-0.15, -0.1) is 0 Å². The topological polar surface area (TPSA) is 68.0 Å². The van der Waals surface area contributed by atoms with E-state index in [4.69, 9.17) is 17.3 Å². The highest BCUT2D eigenvalue weighted by molar-refractivity contribution is 6.30. The SMILES string of the molecule is NC1C=CC(C(=O)Nc2ccc(Cl)cn2)C1. The molecule has 0 bridgehead atoms. The third-order valence-corrected chi connectivity index (χ3v) is 2.66. The normalized spacial score (nSPS) is 23.4. The zero-order valence-electron chi connectivity index (χ0n) is 8.56. The van der Waals surface area contributed by atoms with E-state index in [9.17, 15) is 4.79 Å². The Kier molecular flexibility index (Phi) is 3.22. The minimum absolute atomic E-state index is 0.0195. The van der Waals surface area contributed by atoms with Crippen molar-refractivity contribution in [3.8, 4) is 0 Å². The molecule has 1 amide bonds. The Balaban J connectivity index is 1.97. The number of hydrogen-bond donors (Lipinski definition) is 2. The number of anilines is 1. The van der Waals surface area contributed by atoms with Gasteiger partial charge in [-0.1, -0.05) is 23.8 Å². The van der Waals surface area contributed by atoms with Gasteiger partial charge in [0.1, 0.15) is 5.82 Å². The summed E-state index contributed by atoms with van der Waals surface area (Å²) in [5, 5.41) is 3.26. The first-order valence-corrected chi connectivity index (χ1v) is 5.39. The standard InChI is InChI=1S/C11H12ClN3O/c12-8-2-4-10(14-6-8)15-11(16)7-1-3-9(13)5-7/h1-4,6-7,9H,5,13H2,(H,14,15,16). The maximum atomic E-state index is 11.8. The van der Waals surface area contributed by atoms with E-state index in [0.29, 0.717) is 17.3 Å². The second-order valence-corrected chi connectivity index (χ2v) is 4.18. The highest BCUT2D eigenvalue weighted by Gasteiger charge is 2.22. The maximum absolute atomic E-state index is 11.8. The summed E-state index contributed by atoms with van der Waals surface area (Å²) < 4.78 is 0. The number of rotatable bonds is 2. The average Bonchev–Trinajstić information content (AvgIpc) is 2.68. The van der Waals surface area contributed by atoms with E-state index in [1.54, 1.807) is 12.1 Å². The van der Waals surface area contributed by atoms with Crippen LogP contribution in [0.3, 0.4) is 0 Å². The number of halogens is 1. The van der Waals surface area contributed by atoms with Crippen LogP contribution < -0.4 is 11.1 Å². The van der Waals surface area contributed by atoms with Gasteiger partial charge in [0.2, 0.25) is 5.91 Å². The van der Waals surface area contributed by atoms with Crippen LogP contribution in [-0.4, -0.2) is 16.9 Å². The van der Waals surface area contributed by atoms with E-state index in [-0.39, 0.29) is 17.9 Å². The number of carbonyl (C=O) groups is 1. The monoisotopic (exact) mass is 237 g/mol. The van der Waals surface area contributed by atoms with Gasteiger partial charge >= 0.3 is 0 Å². The molecule has 2 atom stereocenters. The van der Waals surface area contributed by atoms with Gasteiger partial charge in [-0.05, 0) is 18.6 Å². The van der Waals surface area contributed by atoms with E-state index in [1.165, 1.54) is 6.20 Å². The molecule has 2 unspecified atom stereocenters. The van der Waals surface area contributed by atoms with Gasteiger partial charge in [0, 0.05) is 12.2 Å². The number of hydrogen-bond acceptors (Lipinski definition) is 3. The lowest BCUT2D eigenvalue weighted by Crippen LogP contribution is -2.24. The first kappa shape index (κ1) is 11.1. The lowest BCUT2D eigenvalue weighted by Gasteiger charge is -2.09. The predicted molar refractivity (Wildman–Crippen MR) is 63.1 cm³/mol. The Hall–Kier alpha value is -1.39. The maximum Gasteiger partial charge on any atom is 0.232 e. The molecule has 1 heterocycles. The Morgan fingerprint density at radius 2 is 2.31 bits per heavy atom. The molecule has 0 spiro atoms. The lowest BCUT2D eigenvalue weighted by molar-refractivity contribution is -0.118. The van der Waals surface area contributed by atoms with Crippen LogP contribution in [-0.2, 0) is 4.79 Å². The van der Waals surface area contributed by atoms with Crippen LogP contribution in [0.1, 0.15) is 6.42 Å². The zero-order valence-corrected chi connectivity index (χ0v) is 9.32. The summed E-state index contributed by atoms with van der Waals surface area (Å²) in [6.07, 6.45) is 5.82. The van der Waals surface area contributed by atoms with Crippen molar-refractivity contribution in [3.63, 3.8) is 0 Å². The van der Waals surface area contributed by atoms with E-state index in [0.717, 1.165) is 0 Å². The number of nitrogens with zero attached hydrogens (tertiary/aromatic N) is 1. The molecule has 0 radical (unpaired) electrons. The van der Waals surface area contributed by atoms with Crippen LogP contribution in [0.2, 0.25) is 5.02 Å². The van der Waals surface area contributed by atoms with Gasteiger partial charge in [-0.25, -0.2) is 4.98 Å². The molecule has 16 heavy (non-hydrogen) atoms. The van der Waals surface area contributed by atoms with Crippen molar-refractivity contribution < 1.29 is 4.79 Å². The number of pyridine rings is 1. The Morgan fingerprint density at radius 3 is 2.88 bits per heavy atom. The summed E-state index contributed by atoms with van der Waals surface area (Å²) in [4.78, 5) is 15.7. The summed E-state index contributed by atoms with van der Waals surface area (Å²) in [6.45, 7) is 0. The van der Waals surface area contributed by atoms with E-state index >= 15 is 0 Å². The van der Waals surface area contributed by atoms with Gasteiger partial charge in [-0.3, -0.25) is 4.79 Å². The largest absolute Gasteiger partial charge is 0.324 e. The molecule has 5 heteroatoms. The number of nitrogens with one attached hydrogen (secondary N) is 1. The van der Waals surface area contributed by atoms with Crippen molar-refractivity contribution in [2.75, 3.05) is 5.32 Å². The molecule has 3 N–H and O–H groups in total. The first-order chi connectivity index (χ1) is 7.65. The minimum Gasteiger partial charge on any atom is -0.324 e. The molecular weight excluding hydrogens is 226 g/mol. The van der Waals surface area contributed by atoms with Crippen LogP contribution in [0.4, 0.5) is 5.82 Å². The molecule has 0 aromatic carbocycles. The van der Waals surface area contributed by atoms with E-state index < -0.39 is 0 Å². The van der Waals surface area contributed by atoms with Gasteiger partial charge in [0.15, 0.2) is 0 Å². The minimum atomic E-state index is -0.160. The zero-order chi connectivity index (χ0) is 11.5. The van der Waals surface area contributed by atoms with Crippen molar-refractivity contribution in [2.24, 2.45) is 11.7 Å². The number of nitrogens with two attached hydrogens (primary N) is 1. The fourth-order valence-electron chi connectivity index (χ4n) is 1.59. The summed E-state index contributed by atoms with van der Waals surface area (Å²) in [7, 11) is 0. The van der Waals surface area contributed by atoms with E-state index in [2.05, 4.69) is 10.3 Å². The summed E-state index contributed by atoms with van der Waals surface area (Å²) >= 11 is 5.69. The van der Waals surface area contributed by atoms with E-state index in [1.807, 2.05) is 12.2 Å². The van der Waals surface area contributed by atoms with Crippen molar-refractivity contribution in [2.45, 2.75) is 12.5 Å². The van der Waals surface area contributed by atoms with Crippen molar-refractivity contribution in [3.05, 3.63) is 35.5 Å². The molecule has 0 saturated heterocycles. The van der Waals surface area contributed by atoms with Crippen molar-refractivity contribution in [1.29, 1.82) is 0 Å². The lowest BCUT2D eigenvalue weighted by atomic mass is 10.1. The van der Waals surface area contributed by atoms with Crippen LogP contribution in [0.5, 0.6) is 0 Å².